The fraction of sp³-hybridized carbons (Fsp3) is 0.333. The van der Waals surface area contributed by atoms with Gasteiger partial charge in [-0.15, -0.1) is 0 Å². The summed E-state index contributed by atoms with van der Waals surface area (Å²) in [6, 6.07) is 7.96. The monoisotopic (exact) mass is 334 g/mol. The van der Waals surface area contributed by atoms with E-state index in [9.17, 15) is 8.42 Å². The smallest absolute Gasteiger partial charge is 0.267 e. The van der Waals surface area contributed by atoms with Gasteiger partial charge in [-0.1, -0.05) is 24.3 Å². The highest BCUT2D eigenvalue weighted by Gasteiger charge is 2.22. The van der Waals surface area contributed by atoms with E-state index in [1.54, 1.807) is 18.1 Å². The number of benzene rings is 1. The van der Waals surface area contributed by atoms with E-state index in [4.69, 9.17) is 4.18 Å². The molecule has 0 spiro atoms. The maximum atomic E-state index is 11.3. The molecule has 7 nitrogen and oxygen atoms in total. The van der Waals surface area contributed by atoms with Crippen LogP contribution in [-0.2, 0) is 14.3 Å². The highest BCUT2D eigenvalue weighted by atomic mass is 32.2. The standard InChI is InChI=1S/C15H18N4O3S/c1-2-23(20,21)22-10-8-16-14-11-17-19-9-7-12-5-3-4-6-13(12)15(19)18-14/h3-7,9,11,14,16H,2,8,10H2,1H3. The van der Waals surface area contributed by atoms with Gasteiger partial charge in [0.25, 0.3) is 10.1 Å². The van der Waals surface area contributed by atoms with E-state index < -0.39 is 10.1 Å². The van der Waals surface area contributed by atoms with Crippen molar-refractivity contribution in [3.05, 3.63) is 41.6 Å². The van der Waals surface area contributed by atoms with Gasteiger partial charge in [-0.2, -0.15) is 13.5 Å². The van der Waals surface area contributed by atoms with Crippen LogP contribution < -0.4 is 5.32 Å². The van der Waals surface area contributed by atoms with Crippen molar-refractivity contribution in [2.75, 3.05) is 18.9 Å². The molecule has 2 aliphatic heterocycles. The topological polar surface area (TPSA) is 83.4 Å². The van der Waals surface area contributed by atoms with Crippen molar-refractivity contribution in [2.45, 2.75) is 13.1 Å². The van der Waals surface area contributed by atoms with Crippen molar-refractivity contribution < 1.29 is 12.6 Å². The Bertz CT molecular complexity index is 771. The third-order valence-electron chi connectivity index (χ3n) is 3.48. The van der Waals surface area contributed by atoms with Gasteiger partial charge in [-0.25, -0.2) is 10.0 Å². The Morgan fingerprint density at radius 2 is 2.17 bits per heavy atom. The molecule has 0 saturated carbocycles. The van der Waals surface area contributed by atoms with Crippen LogP contribution in [0.1, 0.15) is 18.1 Å². The Morgan fingerprint density at radius 3 is 3.00 bits per heavy atom. The summed E-state index contributed by atoms with van der Waals surface area (Å²) >= 11 is 0. The van der Waals surface area contributed by atoms with Gasteiger partial charge in [0, 0.05) is 18.3 Å². The summed E-state index contributed by atoms with van der Waals surface area (Å²) in [5, 5.41) is 9.17. The molecule has 0 aromatic heterocycles. The average molecular weight is 334 g/mol. The van der Waals surface area contributed by atoms with Gasteiger partial charge in [0.2, 0.25) is 0 Å². The van der Waals surface area contributed by atoms with Crippen LogP contribution in [0.2, 0.25) is 0 Å². The molecule has 0 saturated heterocycles. The molecule has 0 radical (unpaired) electrons. The number of fused-ring (bicyclic) bond motifs is 3. The fourth-order valence-electron chi connectivity index (χ4n) is 2.27. The summed E-state index contributed by atoms with van der Waals surface area (Å²) in [4.78, 5) is 4.63. The van der Waals surface area contributed by atoms with Crippen LogP contribution in [0.4, 0.5) is 0 Å². The molecule has 0 bridgehead atoms. The van der Waals surface area contributed by atoms with Crippen LogP contribution in [0.15, 0.2) is 40.6 Å². The van der Waals surface area contributed by atoms with E-state index in [1.807, 2.05) is 36.5 Å². The number of hydrazone groups is 1. The van der Waals surface area contributed by atoms with Crippen molar-refractivity contribution in [2.24, 2.45) is 10.1 Å². The van der Waals surface area contributed by atoms with E-state index >= 15 is 0 Å². The molecule has 1 atom stereocenters. The van der Waals surface area contributed by atoms with Crippen molar-refractivity contribution in [3.8, 4) is 0 Å². The molecule has 1 aromatic rings. The van der Waals surface area contributed by atoms with Crippen LogP contribution in [0, 0.1) is 0 Å². The van der Waals surface area contributed by atoms with Crippen LogP contribution in [0.5, 0.6) is 0 Å². The Morgan fingerprint density at radius 1 is 1.35 bits per heavy atom. The lowest BCUT2D eigenvalue weighted by molar-refractivity contribution is 0.313. The Hall–Kier alpha value is -2.03. The molecular formula is C15H18N4O3S. The van der Waals surface area contributed by atoms with E-state index in [0.717, 1.165) is 17.0 Å². The van der Waals surface area contributed by atoms with E-state index in [2.05, 4.69) is 15.4 Å². The van der Waals surface area contributed by atoms with Gasteiger partial charge in [-0.3, -0.25) is 9.50 Å². The maximum Gasteiger partial charge on any atom is 0.267 e. The first-order chi connectivity index (χ1) is 11.1. The molecule has 0 amide bonds. The average Bonchev–Trinajstić information content (AvgIpc) is 2.58. The zero-order valence-corrected chi connectivity index (χ0v) is 13.5. The van der Waals surface area contributed by atoms with Gasteiger partial charge >= 0.3 is 0 Å². The van der Waals surface area contributed by atoms with Crippen LogP contribution in [-0.4, -0.2) is 50.5 Å². The zero-order valence-electron chi connectivity index (χ0n) is 12.7. The van der Waals surface area contributed by atoms with E-state index in [-0.39, 0.29) is 18.5 Å². The molecule has 2 aliphatic rings. The Balaban J connectivity index is 1.64. The number of amidine groups is 1. The molecule has 3 rings (SSSR count). The normalized spacial score (nSPS) is 19.3. The quantitative estimate of drug-likeness (QED) is 0.620. The van der Waals surface area contributed by atoms with Crippen molar-refractivity contribution in [3.63, 3.8) is 0 Å². The first kappa shape index (κ1) is 15.9. The minimum absolute atomic E-state index is 0.0295. The molecule has 1 N–H and O–H groups in total. The summed E-state index contributed by atoms with van der Waals surface area (Å²) in [5.74, 6) is 0.739. The second-order valence-electron chi connectivity index (χ2n) is 5.03. The summed E-state index contributed by atoms with van der Waals surface area (Å²) in [6.45, 7) is 1.99. The molecule has 1 aromatic carbocycles. The Labute approximate surface area is 135 Å². The van der Waals surface area contributed by atoms with Gasteiger partial charge in [0.05, 0.1) is 18.6 Å². The number of nitrogens with zero attached hydrogens (tertiary/aromatic N) is 3. The minimum atomic E-state index is -3.41. The molecule has 0 fully saturated rings. The highest BCUT2D eigenvalue weighted by Crippen LogP contribution is 2.22. The first-order valence-corrected chi connectivity index (χ1v) is 8.96. The number of nitrogens with one attached hydrogen (secondary N) is 1. The van der Waals surface area contributed by atoms with Gasteiger partial charge in [0.1, 0.15) is 6.17 Å². The molecule has 23 heavy (non-hydrogen) atoms. The van der Waals surface area contributed by atoms with Crippen molar-refractivity contribution >= 4 is 28.2 Å². The predicted octanol–water partition coefficient (Wildman–Crippen LogP) is 1.00. The van der Waals surface area contributed by atoms with E-state index in [0.29, 0.717) is 6.54 Å². The predicted molar refractivity (Wildman–Crippen MR) is 89.5 cm³/mol. The van der Waals surface area contributed by atoms with Crippen molar-refractivity contribution in [1.82, 2.24) is 10.3 Å². The van der Waals surface area contributed by atoms with Crippen LogP contribution in [0.3, 0.4) is 0 Å². The molecular weight excluding hydrogens is 316 g/mol. The number of rotatable bonds is 6. The number of aliphatic imine (C=N–C) groups is 1. The van der Waals surface area contributed by atoms with E-state index in [1.165, 1.54) is 0 Å². The third kappa shape index (κ3) is 3.66. The number of hydrogen-bond acceptors (Lipinski definition) is 7. The zero-order chi connectivity index (χ0) is 16.3. The third-order valence-corrected chi connectivity index (χ3v) is 4.71. The summed E-state index contributed by atoms with van der Waals surface area (Å²) in [7, 11) is -3.41. The van der Waals surface area contributed by atoms with Gasteiger partial charge in [0.15, 0.2) is 5.84 Å². The lowest BCUT2D eigenvalue weighted by atomic mass is 10.0. The van der Waals surface area contributed by atoms with Crippen LogP contribution in [0.25, 0.3) is 6.08 Å². The van der Waals surface area contributed by atoms with Crippen molar-refractivity contribution in [1.29, 1.82) is 0 Å². The minimum Gasteiger partial charge on any atom is -0.289 e. The largest absolute Gasteiger partial charge is 0.289 e. The van der Waals surface area contributed by atoms with Gasteiger partial charge in [-0.05, 0) is 18.6 Å². The molecule has 0 aliphatic carbocycles. The molecule has 1 unspecified atom stereocenters. The lowest BCUT2D eigenvalue weighted by Crippen LogP contribution is -2.39. The fourth-order valence-corrected chi connectivity index (χ4v) is 2.77. The van der Waals surface area contributed by atoms with Crippen LogP contribution >= 0.6 is 0 Å². The maximum absolute atomic E-state index is 11.3. The number of hydrogen-bond donors (Lipinski definition) is 1. The second-order valence-corrected chi connectivity index (χ2v) is 6.96. The SMILES string of the molecule is CCS(=O)(=O)OCCNC1C=NN2C=Cc3ccccc3C2=N1. The summed E-state index contributed by atoms with van der Waals surface area (Å²) in [5.41, 5.74) is 2.11. The lowest BCUT2D eigenvalue weighted by Gasteiger charge is -2.27. The Kier molecular flexibility index (Phi) is 4.56. The first-order valence-electron chi connectivity index (χ1n) is 7.38. The summed E-state index contributed by atoms with van der Waals surface area (Å²) in [6.07, 6.45) is 5.22. The molecule has 122 valence electrons. The summed E-state index contributed by atoms with van der Waals surface area (Å²) < 4.78 is 27.3. The molecule has 2 heterocycles. The highest BCUT2D eigenvalue weighted by molar-refractivity contribution is 7.86. The molecule has 8 heteroatoms. The second kappa shape index (κ2) is 6.61. The van der Waals surface area contributed by atoms with Gasteiger partial charge < -0.3 is 0 Å².